The minimum atomic E-state index is 1.04. The zero-order valence-electron chi connectivity index (χ0n) is 7.11. The molecular weight excluding hydrogens is 168 g/mol. The van der Waals surface area contributed by atoms with Crippen molar-refractivity contribution in [3.63, 3.8) is 0 Å². The van der Waals surface area contributed by atoms with Gasteiger partial charge in [0.05, 0.1) is 0 Å². The molecule has 0 saturated heterocycles. The summed E-state index contributed by atoms with van der Waals surface area (Å²) in [6.45, 7) is 4.11. The first-order chi connectivity index (χ1) is 5.77. The summed E-state index contributed by atoms with van der Waals surface area (Å²) in [4.78, 5) is 4.17. The van der Waals surface area contributed by atoms with E-state index in [9.17, 15) is 0 Å². The summed E-state index contributed by atoms with van der Waals surface area (Å²) in [6, 6.07) is 2.17. The van der Waals surface area contributed by atoms with E-state index in [1.54, 1.807) is 11.3 Å². The average molecular weight is 178 g/mol. The van der Waals surface area contributed by atoms with Gasteiger partial charge in [-0.05, 0) is 30.9 Å². The molecule has 0 aliphatic rings. The molecule has 0 aliphatic carbocycles. The Morgan fingerprint density at radius 3 is 2.75 bits per heavy atom. The number of aromatic nitrogens is 2. The molecule has 0 bridgehead atoms. The number of nitrogens with zero attached hydrogens (tertiary/aromatic N) is 2. The van der Waals surface area contributed by atoms with E-state index in [0.717, 1.165) is 5.82 Å². The molecule has 0 aromatic carbocycles. The Bertz CT molecular complexity index is 387. The van der Waals surface area contributed by atoms with Crippen LogP contribution in [0.4, 0.5) is 0 Å². The fourth-order valence-electron chi connectivity index (χ4n) is 1.15. The molecule has 0 fully saturated rings. The number of rotatable bonds is 1. The molecule has 2 heterocycles. The van der Waals surface area contributed by atoms with Crippen LogP contribution in [0.5, 0.6) is 0 Å². The highest BCUT2D eigenvalue weighted by Gasteiger charge is 2.01. The van der Waals surface area contributed by atoms with E-state index >= 15 is 0 Å². The number of hydrogen-bond donors (Lipinski definition) is 0. The van der Waals surface area contributed by atoms with E-state index in [1.807, 2.05) is 19.3 Å². The second-order valence-electron chi connectivity index (χ2n) is 2.81. The Balaban J connectivity index is 2.50. The molecule has 2 aromatic rings. The summed E-state index contributed by atoms with van der Waals surface area (Å²) >= 11 is 1.74. The molecule has 62 valence electrons. The smallest absolute Gasteiger partial charge is 0.110 e. The summed E-state index contributed by atoms with van der Waals surface area (Å²) in [5.74, 6) is 1.04. The first-order valence-corrected chi connectivity index (χ1v) is 4.71. The maximum Gasteiger partial charge on any atom is 0.110 e. The maximum absolute atomic E-state index is 4.17. The molecule has 2 aromatic heterocycles. The van der Waals surface area contributed by atoms with Crippen LogP contribution in [0.15, 0.2) is 23.8 Å². The van der Waals surface area contributed by atoms with Crippen molar-refractivity contribution in [3.8, 4) is 5.00 Å². The first kappa shape index (κ1) is 7.55. The second-order valence-corrected chi connectivity index (χ2v) is 3.70. The van der Waals surface area contributed by atoms with Crippen LogP contribution in [-0.4, -0.2) is 9.55 Å². The predicted octanol–water partition coefficient (Wildman–Crippen LogP) is 2.55. The van der Waals surface area contributed by atoms with Gasteiger partial charge < -0.3 is 0 Å². The van der Waals surface area contributed by atoms with Gasteiger partial charge >= 0.3 is 0 Å². The zero-order valence-corrected chi connectivity index (χ0v) is 7.93. The third-order valence-corrected chi connectivity index (χ3v) is 2.83. The van der Waals surface area contributed by atoms with Gasteiger partial charge in [-0.25, -0.2) is 4.98 Å². The van der Waals surface area contributed by atoms with Gasteiger partial charge in [-0.1, -0.05) is 0 Å². The van der Waals surface area contributed by atoms with Crippen LogP contribution in [0.1, 0.15) is 11.4 Å². The van der Waals surface area contributed by atoms with Crippen molar-refractivity contribution < 1.29 is 0 Å². The summed E-state index contributed by atoms with van der Waals surface area (Å²) in [7, 11) is 0. The number of thiophene rings is 1. The summed E-state index contributed by atoms with van der Waals surface area (Å²) in [5.41, 5.74) is 1.31. The summed E-state index contributed by atoms with van der Waals surface area (Å²) in [5, 5.41) is 3.39. The van der Waals surface area contributed by atoms with Crippen molar-refractivity contribution in [2.24, 2.45) is 0 Å². The molecular formula is C9H10N2S. The molecule has 3 heteroatoms. The van der Waals surface area contributed by atoms with Crippen molar-refractivity contribution in [2.45, 2.75) is 13.8 Å². The Kier molecular flexibility index (Phi) is 1.73. The molecule has 0 N–H and O–H groups in total. The molecule has 2 rings (SSSR count). The van der Waals surface area contributed by atoms with Crippen LogP contribution in [0.25, 0.3) is 5.00 Å². The van der Waals surface area contributed by atoms with Gasteiger partial charge in [0.2, 0.25) is 0 Å². The molecule has 12 heavy (non-hydrogen) atoms. The number of imidazole rings is 1. The lowest BCUT2D eigenvalue weighted by molar-refractivity contribution is 0.993. The lowest BCUT2D eigenvalue weighted by atomic mass is 10.4. The van der Waals surface area contributed by atoms with Crippen LogP contribution in [0.3, 0.4) is 0 Å². The van der Waals surface area contributed by atoms with E-state index in [2.05, 4.69) is 27.9 Å². The standard InChI is InChI=1S/C9H10N2S/c1-7-5-9(12-6-7)11-4-3-10-8(11)2/h3-6H,1-2H3. The van der Waals surface area contributed by atoms with Gasteiger partial charge in [-0.15, -0.1) is 11.3 Å². The highest BCUT2D eigenvalue weighted by atomic mass is 32.1. The van der Waals surface area contributed by atoms with Crippen molar-refractivity contribution in [2.75, 3.05) is 0 Å². The minimum Gasteiger partial charge on any atom is -0.295 e. The van der Waals surface area contributed by atoms with Crippen LogP contribution in [-0.2, 0) is 0 Å². The third-order valence-electron chi connectivity index (χ3n) is 1.78. The summed E-state index contributed by atoms with van der Waals surface area (Å²) < 4.78 is 2.09. The topological polar surface area (TPSA) is 17.8 Å². The van der Waals surface area contributed by atoms with Crippen LogP contribution < -0.4 is 0 Å². The van der Waals surface area contributed by atoms with Gasteiger partial charge in [0.1, 0.15) is 10.8 Å². The van der Waals surface area contributed by atoms with Crippen LogP contribution in [0.2, 0.25) is 0 Å². The van der Waals surface area contributed by atoms with Gasteiger partial charge in [0, 0.05) is 12.4 Å². The molecule has 2 nitrogen and oxygen atoms in total. The Labute approximate surface area is 75.5 Å². The monoisotopic (exact) mass is 178 g/mol. The molecule has 0 amide bonds. The lowest BCUT2D eigenvalue weighted by Crippen LogP contribution is -1.91. The highest BCUT2D eigenvalue weighted by molar-refractivity contribution is 7.12. The Morgan fingerprint density at radius 1 is 1.42 bits per heavy atom. The van der Waals surface area contributed by atoms with Gasteiger partial charge in [-0.3, -0.25) is 4.57 Å². The number of aryl methyl sites for hydroxylation is 2. The van der Waals surface area contributed by atoms with Gasteiger partial charge in [-0.2, -0.15) is 0 Å². The Morgan fingerprint density at radius 2 is 2.25 bits per heavy atom. The minimum absolute atomic E-state index is 1.04. The van der Waals surface area contributed by atoms with E-state index in [1.165, 1.54) is 10.6 Å². The normalized spacial score (nSPS) is 10.5. The molecule has 0 atom stereocenters. The van der Waals surface area contributed by atoms with E-state index in [-0.39, 0.29) is 0 Å². The highest BCUT2D eigenvalue weighted by Crippen LogP contribution is 2.19. The quantitative estimate of drug-likeness (QED) is 0.656. The second kappa shape index (κ2) is 2.75. The van der Waals surface area contributed by atoms with Crippen LogP contribution >= 0.6 is 11.3 Å². The zero-order chi connectivity index (χ0) is 8.55. The molecule has 0 radical (unpaired) electrons. The maximum atomic E-state index is 4.17. The van der Waals surface area contributed by atoms with E-state index < -0.39 is 0 Å². The molecule has 0 spiro atoms. The average Bonchev–Trinajstić information content (AvgIpc) is 2.58. The van der Waals surface area contributed by atoms with Crippen molar-refractivity contribution >= 4 is 11.3 Å². The van der Waals surface area contributed by atoms with Gasteiger partial charge in [0.15, 0.2) is 0 Å². The third kappa shape index (κ3) is 1.16. The van der Waals surface area contributed by atoms with Crippen molar-refractivity contribution in [3.05, 3.63) is 35.2 Å². The fraction of sp³-hybridized carbons (Fsp3) is 0.222. The van der Waals surface area contributed by atoms with Crippen molar-refractivity contribution in [1.82, 2.24) is 9.55 Å². The molecule has 0 unspecified atom stereocenters. The molecule has 0 saturated carbocycles. The van der Waals surface area contributed by atoms with E-state index in [0.29, 0.717) is 0 Å². The van der Waals surface area contributed by atoms with E-state index in [4.69, 9.17) is 0 Å². The number of hydrogen-bond acceptors (Lipinski definition) is 2. The van der Waals surface area contributed by atoms with Gasteiger partial charge in [0.25, 0.3) is 0 Å². The summed E-state index contributed by atoms with van der Waals surface area (Å²) in [6.07, 6.45) is 3.81. The lowest BCUT2D eigenvalue weighted by Gasteiger charge is -1.98. The van der Waals surface area contributed by atoms with Crippen molar-refractivity contribution in [1.29, 1.82) is 0 Å². The molecule has 0 aliphatic heterocycles. The SMILES string of the molecule is Cc1csc(-n2ccnc2C)c1. The Hall–Kier alpha value is -1.09. The fourth-order valence-corrected chi connectivity index (χ4v) is 2.09. The largest absolute Gasteiger partial charge is 0.295 e. The predicted molar refractivity (Wildman–Crippen MR) is 50.9 cm³/mol. The van der Waals surface area contributed by atoms with Crippen LogP contribution in [0, 0.1) is 13.8 Å². The first-order valence-electron chi connectivity index (χ1n) is 3.83.